The molecule has 0 aromatic carbocycles. The number of hydrogen-bond acceptors (Lipinski definition) is 4. The summed E-state index contributed by atoms with van der Waals surface area (Å²) in [5.41, 5.74) is 0. The summed E-state index contributed by atoms with van der Waals surface area (Å²) in [6, 6.07) is 8.57. The second-order valence-electron chi connectivity index (χ2n) is 5.69. The van der Waals surface area contributed by atoms with E-state index in [0.29, 0.717) is 5.92 Å². The second-order valence-corrected chi connectivity index (χ2v) is 8.41. The standard InChI is InChI=1S/C16H20ClNOS2/c17-15-7-6-14(21-15)16(13-5-2-8-20-13)18-10-11-3-1-4-12(19)9-11/h2,5-8,11-12,16,18-19H,1,3-4,9-10H2. The maximum absolute atomic E-state index is 9.81. The summed E-state index contributed by atoms with van der Waals surface area (Å²) >= 11 is 9.51. The van der Waals surface area contributed by atoms with Crippen LogP contribution in [0.3, 0.4) is 0 Å². The first-order chi connectivity index (χ1) is 10.2. The highest BCUT2D eigenvalue weighted by atomic mass is 35.5. The summed E-state index contributed by atoms with van der Waals surface area (Å²) in [5, 5.41) is 15.6. The first kappa shape index (κ1) is 15.5. The van der Waals surface area contributed by atoms with E-state index in [1.807, 2.05) is 6.07 Å². The lowest BCUT2D eigenvalue weighted by atomic mass is 9.87. The molecule has 2 aromatic heterocycles. The number of thiophene rings is 2. The molecule has 5 heteroatoms. The van der Waals surface area contributed by atoms with Gasteiger partial charge in [0.1, 0.15) is 0 Å². The van der Waals surface area contributed by atoms with E-state index in [1.165, 1.54) is 16.2 Å². The highest BCUT2D eigenvalue weighted by molar-refractivity contribution is 7.16. The van der Waals surface area contributed by atoms with E-state index in [9.17, 15) is 5.11 Å². The van der Waals surface area contributed by atoms with Crippen molar-refractivity contribution in [3.63, 3.8) is 0 Å². The Balaban J connectivity index is 1.68. The summed E-state index contributed by atoms with van der Waals surface area (Å²) in [6.07, 6.45) is 4.14. The Morgan fingerprint density at radius 1 is 1.29 bits per heavy atom. The summed E-state index contributed by atoms with van der Waals surface area (Å²) < 4.78 is 0.835. The monoisotopic (exact) mass is 341 g/mol. The molecule has 0 radical (unpaired) electrons. The van der Waals surface area contributed by atoms with Crippen molar-refractivity contribution in [3.05, 3.63) is 43.7 Å². The minimum atomic E-state index is -0.109. The van der Waals surface area contributed by atoms with Crippen LogP contribution in [0.15, 0.2) is 29.6 Å². The van der Waals surface area contributed by atoms with Crippen molar-refractivity contribution in [2.75, 3.05) is 6.54 Å². The molecule has 3 atom stereocenters. The molecule has 21 heavy (non-hydrogen) atoms. The van der Waals surface area contributed by atoms with Crippen LogP contribution in [0, 0.1) is 5.92 Å². The molecule has 0 amide bonds. The van der Waals surface area contributed by atoms with Gasteiger partial charge in [-0.2, -0.15) is 0 Å². The zero-order chi connectivity index (χ0) is 14.7. The summed E-state index contributed by atoms with van der Waals surface area (Å²) in [7, 11) is 0. The molecule has 2 nitrogen and oxygen atoms in total. The fraction of sp³-hybridized carbons (Fsp3) is 0.500. The highest BCUT2D eigenvalue weighted by Crippen LogP contribution is 2.33. The predicted octanol–water partition coefficient (Wildman–Crippen LogP) is 4.69. The van der Waals surface area contributed by atoms with Crippen LogP contribution in [-0.4, -0.2) is 17.8 Å². The molecule has 1 saturated carbocycles. The Kier molecular flexibility index (Phi) is 5.35. The Morgan fingerprint density at radius 3 is 2.86 bits per heavy atom. The third-order valence-electron chi connectivity index (χ3n) is 4.07. The number of nitrogens with one attached hydrogen (secondary N) is 1. The molecule has 3 unspecified atom stereocenters. The number of aliphatic hydroxyl groups excluding tert-OH is 1. The Morgan fingerprint density at radius 2 is 2.19 bits per heavy atom. The molecule has 2 N–H and O–H groups in total. The maximum Gasteiger partial charge on any atom is 0.0931 e. The van der Waals surface area contributed by atoms with Gasteiger partial charge in [0.05, 0.1) is 16.5 Å². The molecule has 0 bridgehead atoms. The van der Waals surface area contributed by atoms with Crippen LogP contribution in [0.2, 0.25) is 4.34 Å². The lowest BCUT2D eigenvalue weighted by Gasteiger charge is -2.27. The van der Waals surface area contributed by atoms with Gasteiger partial charge in [0.25, 0.3) is 0 Å². The third kappa shape index (κ3) is 4.08. The average Bonchev–Trinajstić information content (AvgIpc) is 3.12. The second kappa shape index (κ2) is 7.25. The summed E-state index contributed by atoms with van der Waals surface area (Å²) in [4.78, 5) is 2.59. The third-order valence-corrected chi connectivity index (χ3v) is 6.31. The lowest BCUT2D eigenvalue weighted by molar-refractivity contribution is 0.100. The SMILES string of the molecule is OC1CCCC(CNC(c2cccs2)c2ccc(Cl)s2)C1. The van der Waals surface area contributed by atoms with E-state index < -0.39 is 0 Å². The molecular weight excluding hydrogens is 322 g/mol. The van der Waals surface area contributed by atoms with Gasteiger partial charge in [-0.25, -0.2) is 0 Å². The molecule has 0 spiro atoms. The molecule has 2 heterocycles. The number of rotatable bonds is 5. The van der Waals surface area contributed by atoms with Gasteiger partial charge in [0, 0.05) is 9.75 Å². The number of halogens is 1. The molecule has 114 valence electrons. The quantitative estimate of drug-likeness (QED) is 0.826. The van der Waals surface area contributed by atoms with Crippen molar-refractivity contribution in [3.8, 4) is 0 Å². The first-order valence-corrected chi connectivity index (χ1v) is 9.50. The van der Waals surface area contributed by atoms with Gasteiger partial charge in [-0.3, -0.25) is 0 Å². The average molecular weight is 342 g/mol. The Bertz CT molecular complexity index is 554. The molecular formula is C16H20ClNOS2. The largest absolute Gasteiger partial charge is 0.393 e. The number of aliphatic hydroxyl groups is 1. The highest BCUT2D eigenvalue weighted by Gasteiger charge is 2.23. The Labute approximate surface area is 138 Å². The van der Waals surface area contributed by atoms with Crippen LogP contribution in [0.25, 0.3) is 0 Å². The van der Waals surface area contributed by atoms with Crippen molar-refractivity contribution in [2.24, 2.45) is 5.92 Å². The van der Waals surface area contributed by atoms with Crippen LogP contribution in [0.1, 0.15) is 41.5 Å². The summed E-state index contributed by atoms with van der Waals surface area (Å²) in [5.74, 6) is 0.576. The molecule has 3 rings (SSSR count). The van der Waals surface area contributed by atoms with Gasteiger partial charge >= 0.3 is 0 Å². The fourth-order valence-corrected chi connectivity index (χ4v) is 5.06. The van der Waals surface area contributed by atoms with Crippen molar-refractivity contribution >= 4 is 34.3 Å². The van der Waals surface area contributed by atoms with Crippen LogP contribution < -0.4 is 5.32 Å². The van der Waals surface area contributed by atoms with Crippen molar-refractivity contribution < 1.29 is 5.11 Å². The maximum atomic E-state index is 9.81. The zero-order valence-electron chi connectivity index (χ0n) is 11.8. The van der Waals surface area contributed by atoms with Gasteiger partial charge < -0.3 is 10.4 Å². The van der Waals surface area contributed by atoms with E-state index in [4.69, 9.17) is 11.6 Å². The first-order valence-electron chi connectivity index (χ1n) is 7.42. The minimum absolute atomic E-state index is 0.109. The van der Waals surface area contributed by atoms with E-state index in [0.717, 1.165) is 30.1 Å². The Hall–Kier alpha value is -0.390. The number of hydrogen-bond donors (Lipinski definition) is 2. The van der Waals surface area contributed by atoms with Crippen molar-refractivity contribution in [1.29, 1.82) is 0 Å². The van der Waals surface area contributed by atoms with Gasteiger partial charge in [-0.15, -0.1) is 22.7 Å². The topological polar surface area (TPSA) is 32.3 Å². The molecule has 1 fully saturated rings. The molecule has 1 aliphatic rings. The van der Waals surface area contributed by atoms with Gasteiger partial charge in [-0.1, -0.05) is 24.1 Å². The van der Waals surface area contributed by atoms with Gasteiger partial charge in [0.2, 0.25) is 0 Å². The zero-order valence-corrected chi connectivity index (χ0v) is 14.2. The van der Waals surface area contributed by atoms with Crippen LogP contribution in [-0.2, 0) is 0 Å². The predicted molar refractivity (Wildman–Crippen MR) is 91.5 cm³/mol. The van der Waals surface area contributed by atoms with E-state index in [-0.39, 0.29) is 12.1 Å². The van der Waals surface area contributed by atoms with Crippen molar-refractivity contribution in [1.82, 2.24) is 5.32 Å². The van der Waals surface area contributed by atoms with E-state index in [1.54, 1.807) is 22.7 Å². The molecule has 2 aromatic rings. The molecule has 1 aliphatic carbocycles. The van der Waals surface area contributed by atoms with E-state index in [2.05, 4.69) is 28.9 Å². The molecule has 0 saturated heterocycles. The summed E-state index contributed by atoms with van der Waals surface area (Å²) in [6.45, 7) is 0.954. The minimum Gasteiger partial charge on any atom is -0.393 e. The van der Waals surface area contributed by atoms with E-state index >= 15 is 0 Å². The fourth-order valence-electron chi connectivity index (χ4n) is 3.01. The van der Waals surface area contributed by atoms with Crippen LogP contribution in [0.5, 0.6) is 0 Å². The smallest absolute Gasteiger partial charge is 0.0931 e. The van der Waals surface area contributed by atoms with Crippen molar-refractivity contribution in [2.45, 2.75) is 37.8 Å². The van der Waals surface area contributed by atoms with Gasteiger partial charge in [-0.05, 0) is 55.3 Å². The lowest BCUT2D eigenvalue weighted by Crippen LogP contribution is -2.31. The normalized spacial score (nSPS) is 24.1. The van der Waals surface area contributed by atoms with Crippen LogP contribution in [0.4, 0.5) is 0 Å². The van der Waals surface area contributed by atoms with Crippen LogP contribution >= 0.6 is 34.3 Å². The van der Waals surface area contributed by atoms with Gasteiger partial charge in [0.15, 0.2) is 0 Å². The molecule has 0 aliphatic heterocycles.